The standard InChI is InChI=1S/C15H15BrFNO3S/c16-12-6-7-15(14(17)9-12)22(20,21)18-13(10-19)8-11-4-2-1-3-5-11/h1-7,9,13,18-19H,8,10H2/t13-/m0/s1. The van der Waals surface area contributed by atoms with Gasteiger partial charge in [0.2, 0.25) is 10.0 Å². The molecule has 0 saturated heterocycles. The van der Waals surface area contributed by atoms with Gasteiger partial charge in [0.1, 0.15) is 10.7 Å². The van der Waals surface area contributed by atoms with Gasteiger partial charge in [-0.05, 0) is 30.2 Å². The minimum Gasteiger partial charge on any atom is -0.395 e. The molecular weight excluding hydrogens is 373 g/mol. The summed E-state index contributed by atoms with van der Waals surface area (Å²) in [6.45, 7) is -0.383. The summed E-state index contributed by atoms with van der Waals surface area (Å²) in [6, 6.07) is 12.1. The van der Waals surface area contributed by atoms with Crippen LogP contribution in [0.3, 0.4) is 0 Å². The Kier molecular flexibility index (Phi) is 5.69. The van der Waals surface area contributed by atoms with Crippen LogP contribution in [0.5, 0.6) is 0 Å². The Morgan fingerprint density at radius 3 is 2.45 bits per heavy atom. The van der Waals surface area contributed by atoms with E-state index in [-0.39, 0.29) is 6.61 Å². The van der Waals surface area contributed by atoms with Crippen molar-refractivity contribution < 1.29 is 17.9 Å². The fourth-order valence-electron chi connectivity index (χ4n) is 2.02. The molecule has 0 saturated carbocycles. The van der Waals surface area contributed by atoms with Gasteiger partial charge in [-0.2, -0.15) is 0 Å². The number of hydrogen-bond donors (Lipinski definition) is 2. The molecule has 0 radical (unpaired) electrons. The highest BCUT2D eigenvalue weighted by Gasteiger charge is 2.23. The van der Waals surface area contributed by atoms with Gasteiger partial charge < -0.3 is 5.11 Å². The first kappa shape index (κ1) is 17.1. The Morgan fingerprint density at radius 2 is 1.86 bits per heavy atom. The van der Waals surface area contributed by atoms with Crippen LogP contribution >= 0.6 is 15.9 Å². The second-order valence-electron chi connectivity index (χ2n) is 4.77. The van der Waals surface area contributed by atoms with Crippen molar-refractivity contribution in [3.63, 3.8) is 0 Å². The largest absolute Gasteiger partial charge is 0.395 e. The van der Waals surface area contributed by atoms with Crippen LogP contribution in [0.1, 0.15) is 5.56 Å². The number of rotatable bonds is 6. The van der Waals surface area contributed by atoms with E-state index in [1.54, 1.807) is 0 Å². The van der Waals surface area contributed by atoms with Crippen molar-refractivity contribution >= 4 is 26.0 Å². The Hall–Kier alpha value is -1.28. The molecule has 0 unspecified atom stereocenters. The third-order valence-electron chi connectivity index (χ3n) is 3.05. The molecule has 0 aliphatic rings. The first-order valence-electron chi connectivity index (χ1n) is 6.54. The van der Waals surface area contributed by atoms with Gasteiger partial charge in [0.25, 0.3) is 0 Å². The first-order chi connectivity index (χ1) is 10.4. The molecule has 0 amide bonds. The number of sulfonamides is 1. The molecule has 0 aliphatic heterocycles. The summed E-state index contributed by atoms with van der Waals surface area (Å²) in [5, 5.41) is 9.38. The number of halogens is 2. The molecule has 2 aromatic carbocycles. The van der Waals surface area contributed by atoms with Crippen LogP contribution in [0.4, 0.5) is 4.39 Å². The van der Waals surface area contributed by atoms with Crippen LogP contribution in [-0.4, -0.2) is 26.2 Å². The predicted molar refractivity (Wildman–Crippen MR) is 85.4 cm³/mol. The molecule has 0 aromatic heterocycles. The molecule has 0 fully saturated rings. The van der Waals surface area contributed by atoms with Gasteiger partial charge in [-0.15, -0.1) is 0 Å². The van der Waals surface area contributed by atoms with Gasteiger partial charge in [-0.25, -0.2) is 17.5 Å². The fraction of sp³-hybridized carbons (Fsp3) is 0.200. The summed E-state index contributed by atoms with van der Waals surface area (Å²) in [4.78, 5) is -0.442. The minimum absolute atomic E-state index is 0.314. The lowest BCUT2D eigenvalue weighted by atomic mass is 10.1. The second-order valence-corrected chi connectivity index (χ2v) is 7.36. The molecule has 118 valence electrons. The molecular formula is C15H15BrFNO3S. The van der Waals surface area contributed by atoms with Crippen LogP contribution in [0.25, 0.3) is 0 Å². The maximum Gasteiger partial charge on any atom is 0.243 e. The highest BCUT2D eigenvalue weighted by Crippen LogP contribution is 2.19. The molecule has 4 nitrogen and oxygen atoms in total. The highest BCUT2D eigenvalue weighted by molar-refractivity contribution is 9.10. The Bertz CT molecular complexity index is 738. The van der Waals surface area contributed by atoms with Crippen LogP contribution in [-0.2, 0) is 16.4 Å². The normalized spacial score (nSPS) is 13.0. The monoisotopic (exact) mass is 387 g/mol. The molecule has 1 atom stereocenters. The summed E-state index contributed by atoms with van der Waals surface area (Å²) < 4.78 is 41.1. The third kappa shape index (κ3) is 4.36. The van der Waals surface area contributed by atoms with E-state index in [0.717, 1.165) is 11.6 Å². The lowest BCUT2D eigenvalue weighted by Gasteiger charge is -2.17. The molecule has 0 aliphatic carbocycles. The zero-order chi connectivity index (χ0) is 16.2. The van der Waals surface area contributed by atoms with E-state index >= 15 is 0 Å². The van der Waals surface area contributed by atoms with Crippen molar-refractivity contribution in [3.05, 3.63) is 64.4 Å². The van der Waals surface area contributed by atoms with Crippen molar-refractivity contribution in [2.24, 2.45) is 0 Å². The molecule has 22 heavy (non-hydrogen) atoms. The molecule has 2 N–H and O–H groups in total. The first-order valence-corrected chi connectivity index (χ1v) is 8.82. The SMILES string of the molecule is O=S(=O)(N[C@H](CO)Cc1ccccc1)c1ccc(Br)cc1F. The lowest BCUT2D eigenvalue weighted by Crippen LogP contribution is -2.39. The minimum atomic E-state index is -4.04. The molecule has 2 rings (SSSR count). The molecule has 2 aromatic rings. The van der Waals surface area contributed by atoms with E-state index in [9.17, 15) is 17.9 Å². The quantitative estimate of drug-likeness (QED) is 0.799. The Morgan fingerprint density at radius 1 is 1.18 bits per heavy atom. The Labute approximate surface area is 137 Å². The maximum absolute atomic E-state index is 13.8. The smallest absolute Gasteiger partial charge is 0.243 e. The van der Waals surface area contributed by atoms with Gasteiger partial charge >= 0.3 is 0 Å². The predicted octanol–water partition coefficient (Wildman–Crippen LogP) is 2.47. The number of hydrogen-bond acceptors (Lipinski definition) is 3. The van der Waals surface area contributed by atoms with E-state index in [1.165, 1.54) is 12.1 Å². The topological polar surface area (TPSA) is 66.4 Å². The molecule has 0 heterocycles. The van der Waals surface area contributed by atoms with E-state index in [0.29, 0.717) is 10.9 Å². The zero-order valence-corrected chi connectivity index (χ0v) is 13.9. The van der Waals surface area contributed by atoms with E-state index in [1.807, 2.05) is 30.3 Å². The van der Waals surface area contributed by atoms with Gasteiger partial charge in [-0.1, -0.05) is 46.3 Å². The van der Waals surface area contributed by atoms with Crippen molar-refractivity contribution in [3.8, 4) is 0 Å². The summed E-state index contributed by atoms with van der Waals surface area (Å²) in [5.74, 6) is -0.849. The van der Waals surface area contributed by atoms with Crippen LogP contribution in [0.15, 0.2) is 57.9 Å². The maximum atomic E-state index is 13.8. The fourth-order valence-corrected chi connectivity index (χ4v) is 3.64. The van der Waals surface area contributed by atoms with Gasteiger partial charge in [0.15, 0.2) is 0 Å². The van der Waals surface area contributed by atoms with E-state index in [2.05, 4.69) is 20.7 Å². The average Bonchev–Trinajstić information content (AvgIpc) is 2.47. The van der Waals surface area contributed by atoms with Crippen molar-refractivity contribution in [1.29, 1.82) is 0 Å². The van der Waals surface area contributed by atoms with E-state index < -0.39 is 26.8 Å². The highest BCUT2D eigenvalue weighted by atomic mass is 79.9. The van der Waals surface area contributed by atoms with Crippen molar-refractivity contribution in [1.82, 2.24) is 4.72 Å². The summed E-state index contributed by atoms with van der Waals surface area (Å²) in [6.07, 6.45) is 0.314. The second kappa shape index (κ2) is 7.32. The van der Waals surface area contributed by atoms with E-state index in [4.69, 9.17) is 0 Å². The number of benzene rings is 2. The average molecular weight is 388 g/mol. The number of aliphatic hydroxyl groups is 1. The van der Waals surface area contributed by atoms with Crippen molar-refractivity contribution in [2.45, 2.75) is 17.4 Å². The van der Waals surface area contributed by atoms with Crippen LogP contribution < -0.4 is 4.72 Å². The van der Waals surface area contributed by atoms with Crippen LogP contribution in [0.2, 0.25) is 0 Å². The number of aliphatic hydroxyl groups excluding tert-OH is 1. The van der Waals surface area contributed by atoms with Gasteiger partial charge in [-0.3, -0.25) is 0 Å². The van der Waals surface area contributed by atoms with Gasteiger partial charge in [0.05, 0.1) is 6.61 Å². The Balaban J connectivity index is 2.18. The molecule has 0 spiro atoms. The zero-order valence-electron chi connectivity index (χ0n) is 11.5. The van der Waals surface area contributed by atoms with Crippen LogP contribution in [0, 0.1) is 5.82 Å². The van der Waals surface area contributed by atoms with Crippen molar-refractivity contribution in [2.75, 3.05) is 6.61 Å². The summed E-state index contributed by atoms with van der Waals surface area (Å²) >= 11 is 3.08. The summed E-state index contributed by atoms with van der Waals surface area (Å²) in [5.41, 5.74) is 0.875. The third-order valence-corrected chi connectivity index (χ3v) is 5.10. The number of nitrogens with one attached hydrogen (secondary N) is 1. The lowest BCUT2D eigenvalue weighted by molar-refractivity contribution is 0.256. The van der Waals surface area contributed by atoms with Gasteiger partial charge in [0, 0.05) is 10.5 Å². The molecule has 7 heteroatoms. The molecule has 0 bridgehead atoms. The summed E-state index contributed by atoms with van der Waals surface area (Å²) in [7, 11) is -4.04.